The first kappa shape index (κ1) is 50.7. The maximum Gasteiger partial charge on any atom is 0.407 e. The van der Waals surface area contributed by atoms with Crippen LogP contribution < -0.4 is 21.3 Å². The Labute approximate surface area is 357 Å². The number of carbonyl (C=O) groups excluding carboxylic acids is 5. The third kappa shape index (κ3) is 18.1. The standard InChI is InChI=1S/C38H51N5O17S2/c1-23(2)16-29(42-38(52)59-20-26(22-61(53,54)55)21-60-62(56,57)58)36(49)43-15-9-14-31(43)35(48)40-28(18-25-12-7-4-8-13-25)33(46)39-27(17-24-10-5-3-6-11-24)34(47)41-30(37(50)51)19-32(44)45/h3-8,10-13,23,26-31H,9,14-22H2,1-2H3,(H,39,46)(H,40,48)(H,41,47)(H,42,52)(H,44,45)(H,50,51)(H,53,54,55)(H,56,57,58)/t26?,27-,28-,29-,30-,31+/m0/s1. The summed E-state index contributed by atoms with van der Waals surface area (Å²) >= 11 is 0. The van der Waals surface area contributed by atoms with Gasteiger partial charge in [-0.05, 0) is 36.3 Å². The van der Waals surface area contributed by atoms with E-state index in [0.29, 0.717) is 17.5 Å². The second-order valence-corrected chi connectivity index (χ2v) is 17.5. The predicted octanol–water partition coefficient (Wildman–Crippen LogP) is -0.0592. The van der Waals surface area contributed by atoms with E-state index in [1.54, 1.807) is 74.5 Å². The molecule has 342 valence electrons. The van der Waals surface area contributed by atoms with Gasteiger partial charge in [0.05, 0.1) is 25.4 Å². The topological polar surface area (TPSA) is 339 Å². The summed E-state index contributed by atoms with van der Waals surface area (Å²) in [6.07, 6.45) is -1.95. The van der Waals surface area contributed by atoms with E-state index in [-0.39, 0.29) is 38.1 Å². The number of nitrogens with zero attached hydrogens (tertiary/aromatic N) is 1. The third-order valence-electron chi connectivity index (χ3n) is 9.31. The van der Waals surface area contributed by atoms with Crippen molar-refractivity contribution in [1.82, 2.24) is 26.2 Å². The molecule has 5 amide bonds. The summed E-state index contributed by atoms with van der Waals surface area (Å²) in [5, 5.41) is 28.5. The summed E-state index contributed by atoms with van der Waals surface area (Å²) in [6, 6.07) is 9.72. The largest absolute Gasteiger partial charge is 0.481 e. The lowest BCUT2D eigenvalue weighted by Gasteiger charge is -2.30. The molecule has 22 nitrogen and oxygen atoms in total. The van der Waals surface area contributed by atoms with Gasteiger partial charge in [-0.2, -0.15) is 16.8 Å². The molecule has 0 bridgehead atoms. The van der Waals surface area contributed by atoms with Gasteiger partial charge in [0.2, 0.25) is 23.6 Å². The molecule has 1 fully saturated rings. The van der Waals surface area contributed by atoms with Crippen molar-refractivity contribution in [3.8, 4) is 0 Å². The lowest BCUT2D eigenvalue weighted by atomic mass is 10.0. The van der Waals surface area contributed by atoms with Gasteiger partial charge in [-0.15, -0.1) is 0 Å². The molecule has 0 aliphatic carbocycles. The van der Waals surface area contributed by atoms with Gasteiger partial charge in [-0.3, -0.25) is 33.1 Å². The molecule has 1 aliphatic heterocycles. The van der Waals surface area contributed by atoms with Gasteiger partial charge >= 0.3 is 28.4 Å². The SMILES string of the molecule is CC(C)C[C@H](NC(=O)OCC(COS(=O)(=O)O)CS(=O)(=O)O)C(=O)N1CCC[C@@H]1C(=O)N[C@@H](Cc1ccccc1)C(=O)N[C@@H](Cc1ccccc1)C(=O)N[C@@H](CC(=O)O)C(=O)O. The summed E-state index contributed by atoms with van der Waals surface area (Å²) < 4.78 is 72.2. The number of carboxylic acid groups (broad SMARTS) is 2. The Kier molecular flexibility index (Phi) is 19.2. The lowest BCUT2D eigenvalue weighted by molar-refractivity contribution is -0.147. The number of amides is 5. The maximum atomic E-state index is 14.1. The van der Waals surface area contributed by atoms with E-state index in [1.165, 1.54) is 4.90 Å². The first-order valence-electron chi connectivity index (χ1n) is 19.3. The number of aliphatic carboxylic acids is 2. The fourth-order valence-corrected chi connectivity index (χ4v) is 7.66. The molecule has 0 saturated carbocycles. The van der Waals surface area contributed by atoms with Gasteiger partial charge in [0.15, 0.2) is 0 Å². The van der Waals surface area contributed by atoms with Crippen LogP contribution in [0.5, 0.6) is 0 Å². The molecule has 2 aromatic rings. The normalized spacial score (nSPS) is 16.5. The van der Waals surface area contributed by atoms with Crippen LogP contribution in [0.25, 0.3) is 0 Å². The Morgan fingerprint density at radius 2 is 1.27 bits per heavy atom. The molecular formula is C38H51N5O17S2. The van der Waals surface area contributed by atoms with E-state index in [1.807, 2.05) is 0 Å². The number of carboxylic acids is 2. The molecule has 1 saturated heterocycles. The number of ether oxygens (including phenoxy) is 1. The van der Waals surface area contributed by atoms with Crippen molar-refractivity contribution in [3.63, 3.8) is 0 Å². The zero-order valence-electron chi connectivity index (χ0n) is 33.7. The first-order chi connectivity index (χ1) is 29.0. The molecule has 0 aromatic heterocycles. The summed E-state index contributed by atoms with van der Waals surface area (Å²) in [4.78, 5) is 92.9. The Morgan fingerprint density at radius 1 is 0.742 bits per heavy atom. The number of benzene rings is 2. The first-order valence-corrected chi connectivity index (χ1v) is 22.2. The molecule has 24 heteroatoms. The maximum absolute atomic E-state index is 14.1. The minimum atomic E-state index is -5.03. The van der Waals surface area contributed by atoms with Crippen molar-refractivity contribution < 1.29 is 78.6 Å². The Morgan fingerprint density at radius 3 is 1.76 bits per heavy atom. The van der Waals surface area contributed by atoms with E-state index >= 15 is 0 Å². The number of likely N-dealkylation sites (tertiary alicyclic amines) is 1. The van der Waals surface area contributed by atoms with E-state index in [0.717, 1.165) is 0 Å². The molecule has 0 radical (unpaired) electrons. The minimum Gasteiger partial charge on any atom is -0.481 e. The zero-order valence-corrected chi connectivity index (χ0v) is 35.4. The molecule has 62 heavy (non-hydrogen) atoms. The van der Waals surface area contributed by atoms with Crippen molar-refractivity contribution in [3.05, 3.63) is 71.8 Å². The number of rotatable bonds is 24. The predicted molar refractivity (Wildman–Crippen MR) is 216 cm³/mol. The van der Waals surface area contributed by atoms with E-state index in [4.69, 9.17) is 9.29 Å². The van der Waals surface area contributed by atoms with Crippen LogP contribution in [0.1, 0.15) is 50.7 Å². The van der Waals surface area contributed by atoms with Crippen LogP contribution in [0.2, 0.25) is 0 Å². The van der Waals surface area contributed by atoms with Gasteiger partial charge in [0.1, 0.15) is 30.2 Å². The second-order valence-electron chi connectivity index (χ2n) is 14.9. The highest BCUT2D eigenvalue weighted by atomic mass is 32.3. The van der Waals surface area contributed by atoms with Crippen LogP contribution in [0.3, 0.4) is 0 Å². The molecule has 3 rings (SSSR count). The number of hydrogen-bond donors (Lipinski definition) is 8. The number of alkyl carbamates (subject to hydrolysis) is 1. The Balaban J connectivity index is 1.83. The second kappa shape index (κ2) is 23.5. The molecule has 6 atom stereocenters. The highest BCUT2D eigenvalue weighted by Crippen LogP contribution is 2.21. The monoisotopic (exact) mass is 913 g/mol. The molecular weight excluding hydrogens is 863 g/mol. The van der Waals surface area contributed by atoms with Gasteiger partial charge in [0, 0.05) is 25.3 Å². The van der Waals surface area contributed by atoms with Crippen molar-refractivity contribution in [2.75, 3.05) is 25.5 Å². The molecule has 1 aliphatic rings. The summed E-state index contributed by atoms with van der Waals surface area (Å²) in [5.41, 5.74) is 1.14. The highest BCUT2D eigenvalue weighted by Gasteiger charge is 2.40. The minimum absolute atomic E-state index is 0.0260. The number of hydrogen-bond acceptors (Lipinski definition) is 13. The summed E-state index contributed by atoms with van der Waals surface area (Å²) in [5.74, 6) is -9.26. The summed E-state index contributed by atoms with van der Waals surface area (Å²) in [6.45, 7) is 1.71. The molecule has 0 spiro atoms. The smallest absolute Gasteiger partial charge is 0.407 e. The average Bonchev–Trinajstić information content (AvgIpc) is 3.68. The molecule has 1 unspecified atom stereocenters. The van der Waals surface area contributed by atoms with E-state index in [9.17, 15) is 65.2 Å². The van der Waals surface area contributed by atoms with Gasteiger partial charge < -0.3 is 41.1 Å². The number of nitrogens with one attached hydrogen (secondary N) is 4. The van der Waals surface area contributed by atoms with Crippen LogP contribution in [-0.4, -0.2) is 138 Å². The van der Waals surface area contributed by atoms with Crippen molar-refractivity contribution in [2.45, 2.75) is 82.6 Å². The van der Waals surface area contributed by atoms with Crippen molar-refractivity contribution in [1.29, 1.82) is 0 Å². The van der Waals surface area contributed by atoms with Crippen molar-refractivity contribution in [2.24, 2.45) is 11.8 Å². The number of carbonyl (C=O) groups is 7. The molecule has 8 N–H and O–H groups in total. The molecule has 1 heterocycles. The van der Waals surface area contributed by atoms with Crippen LogP contribution in [0, 0.1) is 11.8 Å². The third-order valence-corrected chi connectivity index (χ3v) is 10.6. The van der Waals surface area contributed by atoms with Crippen LogP contribution >= 0.6 is 0 Å². The zero-order chi connectivity index (χ0) is 46.2. The fourth-order valence-electron chi connectivity index (χ4n) is 6.50. The highest BCUT2D eigenvalue weighted by molar-refractivity contribution is 7.85. The van der Waals surface area contributed by atoms with Gasteiger partial charge in [0.25, 0.3) is 10.1 Å². The fraction of sp³-hybridized carbons (Fsp3) is 0.500. The quantitative estimate of drug-likeness (QED) is 0.0640. The van der Waals surface area contributed by atoms with Gasteiger partial charge in [-0.1, -0.05) is 74.5 Å². The average molecular weight is 914 g/mol. The van der Waals surface area contributed by atoms with E-state index in [2.05, 4.69) is 25.5 Å². The lowest BCUT2D eigenvalue weighted by Crippen LogP contribution is -2.59. The van der Waals surface area contributed by atoms with E-state index < -0.39 is 124 Å². The van der Waals surface area contributed by atoms with Crippen LogP contribution in [0.15, 0.2) is 60.7 Å². The summed E-state index contributed by atoms with van der Waals surface area (Å²) in [7, 11) is -9.76. The Bertz CT molecular complexity index is 2110. The van der Waals surface area contributed by atoms with Gasteiger partial charge in [-0.25, -0.2) is 13.8 Å². The van der Waals surface area contributed by atoms with Crippen LogP contribution in [-0.2, 0) is 71.0 Å². The Hall–Kier alpha value is -5.69. The van der Waals surface area contributed by atoms with Crippen molar-refractivity contribution >= 4 is 62.2 Å². The van der Waals surface area contributed by atoms with Crippen LogP contribution in [0.4, 0.5) is 4.79 Å². The molecule has 2 aromatic carbocycles.